The number of hydrogen-bond donors (Lipinski definition) is 2. The van der Waals surface area contributed by atoms with E-state index >= 15 is 0 Å². The lowest BCUT2D eigenvalue weighted by molar-refractivity contribution is -0.136. The summed E-state index contributed by atoms with van der Waals surface area (Å²) >= 11 is 0. The molecule has 3 aromatic carbocycles. The van der Waals surface area contributed by atoms with Crippen LogP contribution in [0.15, 0.2) is 79.1 Å². The van der Waals surface area contributed by atoms with E-state index in [-0.39, 0.29) is 53.1 Å². The number of nitrogens with one attached hydrogen (secondary N) is 2. The van der Waals surface area contributed by atoms with Gasteiger partial charge in [-0.15, -0.1) is 0 Å². The van der Waals surface area contributed by atoms with Crippen molar-refractivity contribution in [3.63, 3.8) is 0 Å². The van der Waals surface area contributed by atoms with Crippen molar-refractivity contribution in [2.24, 2.45) is 0 Å². The molecule has 1 atom stereocenters. The number of hydrogen-bond acceptors (Lipinski definition) is 10. The maximum Gasteiger partial charge on any atom is 0.262 e. The van der Waals surface area contributed by atoms with Gasteiger partial charge in [0.1, 0.15) is 23.6 Å². The van der Waals surface area contributed by atoms with Crippen molar-refractivity contribution >= 4 is 35.1 Å². The van der Waals surface area contributed by atoms with Crippen LogP contribution in [0.4, 0.5) is 5.69 Å². The highest BCUT2D eigenvalue weighted by Gasteiger charge is 2.44. The fourth-order valence-electron chi connectivity index (χ4n) is 6.51. The first-order chi connectivity index (χ1) is 24.0. The van der Waals surface area contributed by atoms with Gasteiger partial charge in [-0.2, -0.15) is 0 Å². The van der Waals surface area contributed by atoms with Gasteiger partial charge < -0.3 is 14.8 Å². The number of carbonyl (C=O) groups is 5. The summed E-state index contributed by atoms with van der Waals surface area (Å²) in [5.41, 5.74) is 3.16. The summed E-state index contributed by atoms with van der Waals surface area (Å²) < 4.78 is 12.1. The molecule has 2 N–H and O–H groups in total. The SMILES string of the molecule is CC(=O)c1ncc(Oc2ccc(C(C)(C)c3ccc(OC4CC(Nc5ccc6c(c5)C(=O)N(C5CCC(=O)NC5=O)C6=O)C4)cc3)cc2)cn1. The smallest absolute Gasteiger partial charge is 0.262 e. The first kappa shape index (κ1) is 32.6. The highest BCUT2D eigenvalue weighted by atomic mass is 16.5. The number of amides is 4. The first-order valence-corrected chi connectivity index (χ1v) is 16.5. The monoisotopic (exact) mass is 673 g/mol. The average molecular weight is 674 g/mol. The number of fused-ring (bicyclic) bond motifs is 1. The highest BCUT2D eigenvalue weighted by Crippen LogP contribution is 2.36. The van der Waals surface area contributed by atoms with Gasteiger partial charge in [-0.3, -0.25) is 34.2 Å². The Hall–Kier alpha value is -5.91. The predicted octanol–water partition coefficient (Wildman–Crippen LogP) is 5.22. The first-order valence-electron chi connectivity index (χ1n) is 16.5. The van der Waals surface area contributed by atoms with Crippen molar-refractivity contribution in [2.45, 2.75) is 70.1 Å². The van der Waals surface area contributed by atoms with Crippen LogP contribution >= 0.6 is 0 Å². The zero-order chi connectivity index (χ0) is 35.2. The van der Waals surface area contributed by atoms with Gasteiger partial charge in [-0.1, -0.05) is 38.1 Å². The lowest BCUT2D eigenvalue weighted by atomic mass is 9.78. The van der Waals surface area contributed by atoms with Crippen LogP contribution in [-0.2, 0) is 15.0 Å². The predicted molar refractivity (Wildman–Crippen MR) is 181 cm³/mol. The maximum absolute atomic E-state index is 13.2. The van der Waals surface area contributed by atoms with Crippen LogP contribution in [0.5, 0.6) is 17.2 Å². The number of ketones is 1. The molecule has 0 spiro atoms. The van der Waals surface area contributed by atoms with Crippen molar-refractivity contribution in [1.82, 2.24) is 20.2 Å². The lowest BCUT2D eigenvalue weighted by Gasteiger charge is -2.36. The zero-order valence-electron chi connectivity index (χ0n) is 27.8. The van der Waals surface area contributed by atoms with Gasteiger partial charge >= 0.3 is 0 Å². The Morgan fingerprint density at radius 2 is 1.46 bits per heavy atom. The molecule has 50 heavy (non-hydrogen) atoms. The summed E-state index contributed by atoms with van der Waals surface area (Å²) in [6.45, 7) is 5.73. The third kappa shape index (κ3) is 6.31. The third-order valence-electron chi connectivity index (χ3n) is 9.54. The minimum absolute atomic E-state index is 0.0311. The normalized spacial score (nSPS) is 20.1. The molecule has 3 aliphatic rings. The summed E-state index contributed by atoms with van der Waals surface area (Å²) in [7, 11) is 0. The molecule has 7 rings (SSSR count). The van der Waals surface area contributed by atoms with Gasteiger partial charge in [0.2, 0.25) is 11.8 Å². The molecule has 2 fully saturated rings. The Kier molecular flexibility index (Phi) is 8.38. The minimum Gasteiger partial charge on any atom is -0.490 e. The van der Waals surface area contributed by atoms with Crippen LogP contribution in [0, 0.1) is 0 Å². The summed E-state index contributed by atoms with van der Waals surface area (Å²) in [4.78, 5) is 70.4. The fraction of sp³-hybridized carbons (Fsp3) is 0.289. The minimum atomic E-state index is -0.991. The number of nitrogens with zero attached hydrogens (tertiary/aromatic N) is 3. The van der Waals surface area contributed by atoms with E-state index in [0.29, 0.717) is 17.2 Å². The van der Waals surface area contributed by atoms with Crippen LogP contribution in [0.2, 0.25) is 0 Å². The van der Waals surface area contributed by atoms with Crippen molar-refractivity contribution < 1.29 is 33.4 Å². The van der Waals surface area contributed by atoms with Crippen LogP contribution in [0.25, 0.3) is 0 Å². The van der Waals surface area contributed by atoms with Crippen molar-refractivity contribution in [2.75, 3.05) is 5.32 Å². The van der Waals surface area contributed by atoms with E-state index in [0.717, 1.165) is 34.6 Å². The van der Waals surface area contributed by atoms with Gasteiger partial charge in [0.15, 0.2) is 17.4 Å². The molecule has 0 radical (unpaired) electrons. The Balaban J connectivity index is 0.912. The summed E-state index contributed by atoms with van der Waals surface area (Å²) in [6, 6.07) is 20.1. The highest BCUT2D eigenvalue weighted by molar-refractivity contribution is 6.23. The quantitative estimate of drug-likeness (QED) is 0.169. The third-order valence-corrected chi connectivity index (χ3v) is 9.54. The molecule has 1 aliphatic carbocycles. The standard InChI is InChI=1S/C38H35N5O7/c1-21(44)34-39-19-29(20-40-34)50-27-11-6-23(7-12-27)38(2,3)22-4-9-26(10-5-22)49-28-16-25(17-28)41-24-8-13-30-31(18-24)37(48)43(36(30)47)32-14-15-33(45)42-35(32)46/h4-13,18-20,25,28,32,41H,14-17H2,1-3H3,(H,42,45,46). The molecule has 1 saturated carbocycles. The molecule has 254 valence electrons. The lowest BCUT2D eigenvalue weighted by Crippen LogP contribution is -2.54. The van der Waals surface area contributed by atoms with E-state index in [1.54, 1.807) is 18.2 Å². The molecule has 1 unspecified atom stereocenters. The average Bonchev–Trinajstić information content (AvgIpc) is 3.32. The number of anilines is 1. The zero-order valence-corrected chi connectivity index (χ0v) is 27.8. The van der Waals surface area contributed by atoms with E-state index in [1.807, 2.05) is 36.4 Å². The molecule has 12 nitrogen and oxygen atoms in total. The topological polar surface area (TPSA) is 157 Å². The summed E-state index contributed by atoms with van der Waals surface area (Å²) in [5, 5.41) is 5.64. The summed E-state index contributed by atoms with van der Waals surface area (Å²) in [6.07, 6.45) is 4.72. The molecular formula is C38H35N5O7. The largest absolute Gasteiger partial charge is 0.490 e. The molecule has 4 amide bonds. The molecule has 12 heteroatoms. The molecule has 3 heterocycles. The fourth-order valence-corrected chi connectivity index (χ4v) is 6.51. The van der Waals surface area contributed by atoms with Crippen LogP contribution in [0.3, 0.4) is 0 Å². The second kappa shape index (κ2) is 12.8. The molecule has 1 saturated heterocycles. The second-order valence-corrected chi connectivity index (χ2v) is 13.3. The van der Waals surface area contributed by atoms with Crippen molar-refractivity contribution in [1.29, 1.82) is 0 Å². The number of ether oxygens (including phenoxy) is 2. The Morgan fingerprint density at radius 3 is 2.08 bits per heavy atom. The van der Waals surface area contributed by atoms with Crippen LogP contribution in [0.1, 0.15) is 88.9 Å². The maximum atomic E-state index is 13.2. The number of benzene rings is 3. The van der Waals surface area contributed by atoms with Crippen molar-refractivity contribution in [3.05, 3.63) is 107 Å². The molecular weight excluding hydrogens is 638 g/mol. The van der Waals surface area contributed by atoms with Gasteiger partial charge in [0, 0.05) is 43.3 Å². The van der Waals surface area contributed by atoms with E-state index in [1.165, 1.54) is 19.3 Å². The molecule has 2 aliphatic heterocycles. The molecule has 1 aromatic heterocycles. The van der Waals surface area contributed by atoms with Crippen LogP contribution in [-0.4, -0.2) is 62.5 Å². The Bertz CT molecular complexity index is 2000. The van der Waals surface area contributed by atoms with Crippen molar-refractivity contribution in [3.8, 4) is 17.2 Å². The number of piperidine rings is 1. The van der Waals surface area contributed by atoms with E-state index < -0.39 is 29.7 Å². The van der Waals surface area contributed by atoms with Crippen LogP contribution < -0.4 is 20.1 Å². The van der Waals surface area contributed by atoms with Gasteiger partial charge in [-0.05, 0) is 60.0 Å². The van der Waals surface area contributed by atoms with E-state index in [2.05, 4.69) is 46.6 Å². The number of aromatic nitrogens is 2. The molecule has 4 aromatic rings. The van der Waals surface area contributed by atoms with Gasteiger partial charge in [0.05, 0.1) is 23.5 Å². The van der Waals surface area contributed by atoms with E-state index in [9.17, 15) is 24.0 Å². The second-order valence-electron chi connectivity index (χ2n) is 13.3. The Labute approximate surface area is 288 Å². The Morgan fingerprint density at radius 1 is 0.840 bits per heavy atom. The number of imide groups is 2. The van der Waals surface area contributed by atoms with E-state index in [4.69, 9.17) is 9.47 Å². The van der Waals surface area contributed by atoms with Gasteiger partial charge in [-0.25, -0.2) is 9.97 Å². The number of rotatable bonds is 10. The number of Topliss-reactive ketones (excluding diaryl/α,β-unsaturated/α-hetero) is 1. The van der Waals surface area contributed by atoms with Gasteiger partial charge in [0.25, 0.3) is 11.8 Å². The summed E-state index contributed by atoms with van der Waals surface area (Å²) in [5.74, 6) is -0.273. The molecule has 0 bridgehead atoms. The number of carbonyl (C=O) groups excluding carboxylic acids is 5.